The second-order valence-electron chi connectivity index (χ2n) is 9.79. The van der Waals surface area contributed by atoms with Gasteiger partial charge in [0.15, 0.2) is 0 Å². The summed E-state index contributed by atoms with van der Waals surface area (Å²) in [6, 6.07) is 0. The Morgan fingerprint density at radius 3 is 2.45 bits per heavy atom. The van der Waals surface area contributed by atoms with E-state index in [1.807, 2.05) is 0 Å². The van der Waals surface area contributed by atoms with E-state index < -0.39 is 12.2 Å². The highest BCUT2D eigenvalue weighted by Gasteiger charge is 2.64. The molecule has 0 aromatic heterocycles. The van der Waals surface area contributed by atoms with Crippen LogP contribution >= 0.6 is 0 Å². The van der Waals surface area contributed by atoms with E-state index >= 15 is 0 Å². The van der Waals surface area contributed by atoms with Crippen molar-refractivity contribution in [3.63, 3.8) is 0 Å². The molecule has 7 unspecified atom stereocenters. The minimum absolute atomic E-state index is 0.173. The summed E-state index contributed by atoms with van der Waals surface area (Å²) >= 11 is 0. The van der Waals surface area contributed by atoms with Gasteiger partial charge in [0.1, 0.15) is 0 Å². The van der Waals surface area contributed by atoms with E-state index in [1.54, 1.807) is 5.57 Å². The molecule has 4 aliphatic carbocycles. The first-order valence-electron chi connectivity index (χ1n) is 9.26. The zero-order valence-corrected chi connectivity index (χ0v) is 14.6. The first kappa shape index (κ1) is 15.2. The van der Waals surface area contributed by atoms with E-state index in [0.29, 0.717) is 17.3 Å². The fourth-order valence-corrected chi connectivity index (χ4v) is 7.57. The van der Waals surface area contributed by atoms with Gasteiger partial charge in [-0.3, -0.25) is 0 Å². The van der Waals surface area contributed by atoms with E-state index in [-0.39, 0.29) is 10.8 Å². The molecule has 7 atom stereocenters. The lowest BCUT2D eigenvalue weighted by molar-refractivity contribution is -0.212. The standard InChI is InChI=1S/C20H32O2/c1-12-9-20-8-7-15-18(2,3)17(22)14(21)11-19(15,4)16(20)6-5-13(12)10-20/h9,13-17,21-22H,5-8,10-11H2,1-4H3. The molecule has 4 rings (SSSR count). The van der Waals surface area contributed by atoms with Gasteiger partial charge in [0.2, 0.25) is 0 Å². The predicted octanol–water partition coefficient (Wildman–Crippen LogP) is 3.92. The molecular formula is C20H32O2. The minimum Gasteiger partial charge on any atom is -0.390 e. The molecule has 124 valence electrons. The Hall–Kier alpha value is -0.340. The van der Waals surface area contributed by atoms with Crippen LogP contribution in [0.15, 0.2) is 11.6 Å². The first-order chi connectivity index (χ1) is 10.2. The smallest absolute Gasteiger partial charge is 0.0852 e. The van der Waals surface area contributed by atoms with Gasteiger partial charge < -0.3 is 10.2 Å². The van der Waals surface area contributed by atoms with Crippen LogP contribution in [0.2, 0.25) is 0 Å². The van der Waals surface area contributed by atoms with Gasteiger partial charge in [0, 0.05) is 0 Å². The molecule has 0 heterocycles. The van der Waals surface area contributed by atoms with Crippen LogP contribution in [-0.4, -0.2) is 22.4 Å². The number of hydrogen-bond donors (Lipinski definition) is 2. The molecule has 3 fully saturated rings. The molecule has 3 saturated carbocycles. The fraction of sp³-hybridized carbons (Fsp3) is 0.900. The predicted molar refractivity (Wildman–Crippen MR) is 88.3 cm³/mol. The number of allylic oxidation sites excluding steroid dienone is 2. The Bertz CT molecular complexity index is 522. The number of fused-ring (bicyclic) bond motifs is 3. The maximum absolute atomic E-state index is 10.6. The Morgan fingerprint density at radius 1 is 1.00 bits per heavy atom. The molecule has 2 nitrogen and oxygen atoms in total. The van der Waals surface area contributed by atoms with Gasteiger partial charge in [-0.25, -0.2) is 0 Å². The summed E-state index contributed by atoms with van der Waals surface area (Å²) in [5.41, 5.74) is 2.02. The summed E-state index contributed by atoms with van der Waals surface area (Å²) in [6.07, 6.45) is 8.77. The van der Waals surface area contributed by atoms with Crippen molar-refractivity contribution in [2.45, 2.75) is 78.4 Å². The molecule has 0 aromatic rings. The maximum Gasteiger partial charge on any atom is 0.0852 e. The van der Waals surface area contributed by atoms with Crippen molar-refractivity contribution >= 4 is 0 Å². The van der Waals surface area contributed by atoms with Crippen molar-refractivity contribution in [1.29, 1.82) is 0 Å². The first-order valence-corrected chi connectivity index (χ1v) is 9.26. The van der Waals surface area contributed by atoms with Gasteiger partial charge in [0.25, 0.3) is 0 Å². The summed E-state index contributed by atoms with van der Waals surface area (Å²) in [5, 5.41) is 21.1. The molecule has 0 saturated heterocycles. The lowest BCUT2D eigenvalue weighted by Gasteiger charge is -2.65. The monoisotopic (exact) mass is 304 g/mol. The molecule has 0 aromatic carbocycles. The summed E-state index contributed by atoms with van der Waals surface area (Å²) in [5.74, 6) is 2.04. The number of aliphatic hydroxyl groups is 2. The van der Waals surface area contributed by atoms with Crippen LogP contribution in [-0.2, 0) is 0 Å². The Balaban J connectivity index is 1.77. The van der Waals surface area contributed by atoms with Crippen molar-refractivity contribution in [1.82, 2.24) is 0 Å². The Kier molecular flexibility index (Phi) is 3.03. The van der Waals surface area contributed by atoms with Crippen LogP contribution in [0.5, 0.6) is 0 Å². The Labute approximate surface area is 135 Å². The number of aliphatic hydroxyl groups excluding tert-OH is 2. The fourth-order valence-electron chi connectivity index (χ4n) is 7.57. The van der Waals surface area contributed by atoms with Gasteiger partial charge in [-0.1, -0.05) is 32.4 Å². The van der Waals surface area contributed by atoms with Gasteiger partial charge in [-0.15, -0.1) is 0 Å². The van der Waals surface area contributed by atoms with E-state index in [4.69, 9.17) is 0 Å². The van der Waals surface area contributed by atoms with Gasteiger partial charge >= 0.3 is 0 Å². The third kappa shape index (κ3) is 1.69. The molecule has 1 spiro atoms. The second-order valence-corrected chi connectivity index (χ2v) is 9.79. The highest BCUT2D eigenvalue weighted by Crippen LogP contribution is 2.70. The highest BCUT2D eigenvalue weighted by molar-refractivity contribution is 5.27. The molecular weight excluding hydrogens is 272 g/mol. The molecule has 2 bridgehead atoms. The van der Waals surface area contributed by atoms with Crippen LogP contribution in [0.25, 0.3) is 0 Å². The second kappa shape index (κ2) is 4.39. The summed E-state index contributed by atoms with van der Waals surface area (Å²) < 4.78 is 0. The molecule has 0 radical (unpaired) electrons. The molecule has 0 aliphatic heterocycles. The molecule has 0 amide bonds. The van der Waals surface area contributed by atoms with Crippen molar-refractivity contribution in [3.8, 4) is 0 Å². The number of rotatable bonds is 0. The molecule has 4 aliphatic rings. The van der Waals surface area contributed by atoms with E-state index in [9.17, 15) is 10.2 Å². The van der Waals surface area contributed by atoms with Crippen molar-refractivity contribution < 1.29 is 10.2 Å². The lowest BCUT2D eigenvalue weighted by Crippen LogP contribution is -2.63. The molecule has 2 heteroatoms. The van der Waals surface area contributed by atoms with Gasteiger partial charge in [-0.2, -0.15) is 0 Å². The topological polar surface area (TPSA) is 40.5 Å². The van der Waals surface area contributed by atoms with Crippen LogP contribution in [0, 0.1) is 34.0 Å². The van der Waals surface area contributed by atoms with Crippen LogP contribution in [0.1, 0.15) is 66.2 Å². The zero-order chi connectivity index (χ0) is 15.9. The average molecular weight is 304 g/mol. The van der Waals surface area contributed by atoms with Crippen LogP contribution < -0.4 is 0 Å². The maximum atomic E-state index is 10.6. The van der Waals surface area contributed by atoms with Crippen molar-refractivity contribution in [2.75, 3.05) is 0 Å². The van der Waals surface area contributed by atoms with E-state index in [2.05, 4.69) is 33.8 Å². The van der Waals surface area contributed by atoms with E-state index in [0.717, 1.165) is 12.3 Å². The summed E-state index contributed by atoms with van der Waals surface area (Å²) in [7, 11) is 0. The van der Waals surface area contributed by atoms with Crippen LogP contribution in [0.4, 0.5) is 0 Å². The lowest BCUT2D eigenvalue weighted by atomic mass is 9.40. The largest absolute Gasteiger partial charge is 0.390 e. The minimum atomic E-state index is -0.572. The van der Waals surface area contributed by atoms with Crippen molar-refractivity contribution in [2.24, 2.45) is 34.0 Å². The van der Waals surface area contributed by atoms with Gasteiger partial charge in [0.05, 0.1) is 12.2 Å². The highest BCUT2D eigenvalue weighted by atomic mass is 16.3. The Morgan fingerprint density at radius 2 is 1.73 bits per heavy atom. The number of hydrogen-bond acceptors (Lipinski definition) is 2. The third-order valence-electron chi connectivity index (χ3n) is 8.45. The van der Waals surface area contributed by atoms with Crippen LogP contribution in [0.3, 0.4) is 0 Å². The normalized spacial score (nSPS) is 56.1. The third-order valence-corrected chi connectivity index (χ3v) is 8.45. The summed E-state index contributed by atoms with van der Waals surface area (Å²) in [4.78, 5) is 0. The van der Waals surface area contributed by atoms with Crippen molar-refractivity contribution in [3.05, 3.63) is 11.6 Å². The zero-order valence-electron chi connectivity index (χ0n) is 14.6. The molecule has 2 N–H and O–H groups in total. The summed E-state index contributed by atoms with van der Waals surface area (Å²) in [6.45, 7) is 9.13. The average Bonchev–Trinajstić information content (AvgIpc) is 2.66. The van der Waals surface area contributed by atoms with Gasteiger partial charge in [-0.05, 0) is 79.4 Å². The molecule has 22 heavy (non-hydrogen) atoms. The SMILES string of the molecule is CC1=CC23CCC4C(C)(C)C(O)C(O)CC4(C)C2CCC1C3. The van der Waals surface area contributed by atoms with E-state index in [1.165, 1.54) is 32.1 Å². The quantitative estimate of drug-likeness (QED) is 0.666.